The van der Waals surface area contributed by atoms with Gasteiger partial charge in [-0.1, -0.05) is 65.3 Å². The molecule has 0 saturated carbocycles. The van der Waals surface area contributed by atoms with Gasteiger partial charge in [0.1, 0.15) is 5.75 Å². The minimum atomic E-state index is -0.549. The van der Waals surface area contributed by atoms with Crippen LogP contribution in [0.25, 0.3) is 0 Å². The van der Waals surface area contributed by atoms with E-state index in [2.05, 4.69) is 33.7 Å². The van der Waals surface area contributed by atoms with E-state index in [1.165, 1.54) is 12.1 Å². The average molecular weight is 488 g/mol. The number of hydrazine groups is 1. The first-order valence-corrected chi connectivity index (χ1v) is 10.5. The van der Waals surface area contributed by atoms with Gasteiger partial charge < -0.3 is 4.74 Å². The van der Waals surface area contributed by atoms with E-state index in [-0.39, 0.29) is 10.6 Å². The van der Waals surface area contributed by atoms with Crippen molar-refractivity contribution in [2.75, 3.05) is 6.61 Å². The molecule has 0 atom stereocenters. The van der Waals surface area contributed by atoms with Crippen LogP contribution in [0.2, 0.25) is 10.0 Å². The summed E-state index contributed by atoms with van der Waals surface area (Å²) in [6.07, 6.45) is 4.28. The maximum Gasteiger partial charge on any atom is 0.273 e. The van der Waals surface area contributed by atoms with Crippen LogP contribution >= 0.6 is 39.1 Å². The summed E-state index contributed by atoms with van der Waals surface area (Å²) in [5.74, 6) is -0.591. The molecule has 0 aromatic heterocycles. The van der Waals surface area contributed by atoms with Gasteiger partial charge in [0, 0.05) is 9.50 Å². The maximum absolute atomic E-state index is 12.5. The van der Waals surface area contributed by atoms with Gasteiger partial charge in [0.15, 0.2) is 0 Å². The lowest BCUT2D eigenvalue weighted by Crippen LogP contribution is -2.41. The number of carbonyl (C=O) groups is 2. The van der Waals surface area contributed by atoms with Crippen molar-refractivity contribution in [3.8, 4) is 5.75 Å². The Morgan fingerprint density at radius 2 is 1.68 bits per heavy atom. The number of unbranched alkanes of at least 4 members (excludes halogenated alkanes) is 3. The first kappa shape index (κ1) is 22.5. The molecule has 0 spiro atoms. The number of nitrogens with one attached hydrogen (secondary N) is 2. The van der Waals surface area contributed by atoms with E-state index in [9.17, 15) is 9.59 Å². The zero-order valence-corrected chi connectivity index (χ0v) is 18.5. The second-order valence-electron chi connectivity index (χ2n) is 6.08. The highest BCUT2D eigenvalue weighted by atomic mass is 79.9. The molecule has 2 aromatic rings. The van der Waals surface area contributed by atoms with E-state index in [4.69, 9.17) is 27.9 Å². The third-order valence-electron chi connectivity index (χ3n) is 3.91. The van der Waals surface area contributed by atoms with Crippen LogP contribution in [0.1, 0.15) is 53.3 Å². The summed E-state index contributed by atoms with van der Waals surface area (Å²) in [7, 11) is 0. The van der Waals surface area contributed by atoms with Crippen molar-refractivity contribution in [2.24, 2.45) is 0 Å². The van der Waals surface area contributed by atoms with Gasteiger partial charge in [-0.05, 0) is 42.8 Å². The van der Waals surface area contributed by atoms with E-state index in [1.807, 2.05) is 0 Å². The van der Waals surface area contributed by atoms with Crippen molar-refractivity contribution in [3.63, 3.8) is 0 Å². The summed E-state index contributed by atoms with van der Waals surface area (Å²) >= 11 is 15.2. The zero-order chi connectivity index (χ0) is 20.5. The Kier molecular flexibility index (Phi) is 9.09. The molecule has 0 saturated heterocycles. The van der Waals surface area contributed by atoms with Crippen LogP contribution in [-0.4, -0.2) is 18.4 Å². The zero-order valence-electron chi connectivity index (χ0n) is 15.4. The molecule has 8 heteroatoms. The molecule has 2 amide bonds. The van der Waals surface area contributed by atoms with Gasteiger partial charge in [0.05, 0.1) is 22.8 Å². The molecule has 0 fully saturated rings. The van der Waals surface area contributed by atoms with Gasteiger partial charge in [-0.25, -0.2) is 0 Å². The molecule has 28 heavy (non-hydrogen) atoms. The molecule has 0 aliphatic carbocycles. The number of amides is 2. The first-order chi connectivity index (χ1) is 13.4. The van der Waals surface area contributed by atoms with E-state index < -0.39 is 11.8 Å². The standard InChI is InChI=1S/C20H21BrCl2N2O3/c1-2-3-4-5-10-28-18-9-6-13(21)11-16(18)20(27)25-24-19(26)15-8-7-14(22)12-17(15)23/h6-9,11-12H,2-5,10H2,1H3,(H,24,26)(H,25,27). The number of benzene rings is 2. The highest BCUT2D eigenvalue weighted by Gasteiger charge is 2.16. The Morgan fingerprint density at radius 1 is 0.964 bits per heavy atom. The van der Waals surface area contributed by atoms with Crippen LogP contribution in [0.3, 0.4) is 0 Å². The highest BCUT2D eigenvalue weighted by molar-refractivity contribution is 9.10. The molecular formula is C20H21BrCl2N2O3. The monoisotopic (exact) mass is 486 g/mol. The highest BCUT2D eigenvalue weighted by Crippen LogP contribution is 2.24. The van der Waals surface area contributed by atoms with E-state index in [0.29, 0.717) is 22.9 Å². The van der Waals surface area contributed by atoms with Crippen LogP contribution in [0.15, 0.2) is 40.9 Å². The molecule has 0 aliphatic rings. The summed E-state index contributed by atoms with van der Waals surface area (Å²) in [5, 5.41) is 0.609. The van der Waals surface area contributed by atoms with E-state index >= 15 is 0 Å². The number of ether oxygens (including phenoxy) is 1. The first-order valence-electron chi connectivity index (χ1n) is 8.90. The van der Waals surface area contributed by atoms with Gasteiger partial charge in [0.2, 0.25) is 0 Å². The second kappa shape index (κ2) is 11.3. The van der Waals surface area contributed by atoms with E-state index in [1.54, 1.807) is 24.3 Å². The summed E-state index contributed by atoms with van der Waals surface area (Å²) in [5.41, 5.74) is 5.25. The Morgan fingerprint density at radius 3 is 2.36 bits per heavy atom. The Balaban J connectivity index is 2.00. The van der Waals surface area contributed by atoms with Crippen molar-refractivity contribution >= 4 is 50.9 Å². The molecule has 0 unspecified atom stereocenters. The molecule has 0 bridgehead atoms. The number of hydrogen-bond donors (Lipinski definition) is 2. The van der Waals surface area contributed by atoms with Crippen LogP contribution in [0, 0.1) is 0 Å². The Labute approximate surface area is 182 Å². The Hall–Kier alpha value is -1.76. The van der Waals surface area contributed by atoms with Gasteiger partial charge in [-0.3, -0.25) is 20.4 Å². The molecular weight excluding hydrogens is 467 g/mol. The minimum absolute atomic E-state index is 0.192. The van der Waals surface area contributed by atoms with Crippen molar-refractivity contribution in [2.45, 2.75) is 32.6 Å². The molecule has 0 radical (unpaired) electrons. The lowest BCUT2D eigenvalue weighted by atomic mass is 10.2. The van der Waals surface area contributed by atoms with Crippen LogP contribution in [-0.2, 0) is 0 Å². The normalized spacial score (nSPS) is 10.4. The third kappa shape index (κ3) is 6.69. The second-order valence-corrected chi connectivity index (χ2v) is 7.84. The summed E-state index contributed by atoms with van der Waals surface area (Å²) < 4.78 is 6.48. The van der Waals surface area contributed by atoms with Gasteiger partial charge in [-0.2, -0.15) is 0 Å². The lowest BCUT2D eigenvalue weighted by Gasteiger charge is -2.13. The van der Waals surface area contributed by atoms with Crippen LogP contribution in [0.5, 0.6) is 5.75 Å². The molecule has 2 aromatic carbocycles. The van der Waals surface area contributed by atoms with Gasteiger partial charge in [0.25, 0.3) is 11.8 Å². The fourth-order valence-electron chi connectivity index (χ4n) is 2.44. The molecule has 2 rings (SSSR count). The SMILES string of the molecule is CCCCCCOc1ccc(Br)cc1C(=O)NNC(=O)c1ccc(Cl)cc1Cl. The topological polar surface area (TPSA) is 67.4 Å². The van der Waals surface area contributed by atoms with Crippen molar-refractivity contribution in [1.82, 2.24) is 10.9 Å². The summed E-state index contributed by atoms with van der Waals surface area (Å²) in [6, 6.07) is 9.64. The van der Waals surface area contributed by atoms with Crippen LogP contribution in [0.4, 0.5) is 0 Å². The van der Waals surface area contributed by atoms with Crippen molar-refractivity contribution in [1.29, 1.82) is 0 Å². The molecule has 150 valence electrons. The van der Waals surface area contributed by atoms with Crippen molar-refractivity contribution in [3.05, 3.63) is 62.0 Å². The summed E-state index contributed by atoms with van der Waals surface area (Å²) in [6.45, 7) is 2.66. The van der Waals surface area contributed by atoms with Crippen molar-refractivity contribution < 1.29 is 14.3 Å². The largest absolute Gasteiger partial charge is 0.493 e. The smallest absolute Gasteiger partial charge is 0.273 e. The predicted molar refractivity (Wildman–Crippen MR) is 115 cm³/mol. The van der Waals surface area contributed by atoms with Crippen LogP contribution < -0.4 is 15.6 Å². The molecule has 5 nitrogen and oxygen atoms in total. The fourth-order valence-corrected chi connectivity index (χ4v) is 3.29. The van der Waals surface area contributed by atoms with E-state index in [0.717, 1.165) is 30.2 Å². The number of hydrogen-bond acceptors (Lipinski definition) is 3. The fraction of sp³-hybridized carbons (Fsp3) is 0.300. The average Bonchev–Trinajstić information content (AvgIpc) is 2.66. The predicted octanol–water partition coefficient (Wildman–Crippen LogP) is 5.79. The third-order valence-corrected chi connectivity index (χ3v) is 4.95. The Bertz CT molecular complexity index is 846. The molecule has 0 heterocycles. The molecule has 2 N–H and O–H groups in total. The van der Waals surface area contributed by atoms with Gasteiger partial charge in [-0.15, -0.1) is 0 Å². The number of rotatable bonds is 8. The quantitative estimate of drug-likeness (QED) is 0.365. The summed E-state index contributed by atoms with van der Waals surface area (Å²) in [4.78, 5) is 24.8. The minimum Gasteiger partial charge on any atom is -0.493 e. The lowest BCUT2D eigenvalue weighted by molar-refractivity contribution is 0.0844. The maximum atomic E-state index is 12.5. The van der Waals surface area contributed by atoms with Gasteiger partial charge >= 0.3 is 0 Å². The number of carbonyl (C=O) groups excluding carboxylic acids is 2. The molecule has 0 aliphatic heterocycles. The number of halogens is 3.